The molecule has 136 valence electrons. The highest BCUT2D eigenvalue weighted by Gasteiger charge is 2.57. The van der Waals surface area contributed by atoms with Gasteiger partial charge in [0, 0.05) is 0 Å². The summed E-state index contributed by atoms with van der Waals surface area (Å²) in [6, 6.07) is 0. The molecular weight excluding hydrogens is 320 g/mol. The summed E-state index contributed by atoms with van der Waals surface area (Å²) in [5.41, 5.74) is 0. The first kappa shape index (κ1) is 20.2. The molecule has 1 aliphatic rings. The summed E-state index contributed by atoms with van der Waals surface area (Å²) in [4.78, 5) is 11.8. The molecule has 11 heteroatoms. The molecule has 0 spiro atoms. The first-order valence-corrected chi connectivity index (χ1v) is 6.82. The molecule has 1 rings (SSSR count). The number of carbonyl (C=O) groups excluding carboxylic acids is 1. The number of aliphatic hydroxyl groups is 8. The number of aliphatic hydroxyl groups excluding tert-OH is 8. The molecule has 8 N–H and O–H groups in total. The highest BCUT2D eigenvalue weighted by molar-refractivity contribution is 5.75. The quantitative estimate of drug-likeness (QED) is 0.206. The van der Waals surface area contributed by atoms with Gasteiger partial charge in [-0.15, -0.1) is 0 Å². The molecule has 1 heterocycles. The van der Waals surface area contributed by atoms with Crippen LogP contribution in [-0.4, -0.2) is 109 Å². The van der Waals surface area contributed by atoms with E-state index in [1.165, 1.54) is 0 Å². The van der Waals surface area contributed by atoms with E-state index in [0.717, 1.165) is 6.92 Å². The van der Waals surface area contributed by atoms with Crippen molar-refractivity contribution in [1.82, 2.24) is 0 Å². The van der Waals surface area contributed by atoms with Crippen molar-refractivity contribution in [3.8, 4) is 0 Å². The fourth-order valence-electron chi connectivity index (χ4n) is 2.09. The molecule has 8 atom stereocenters. The number of carbonyl (C=O) groups is 1. The molecular formula is C12H22O11. The van der Waals surface area contributed by atoms with Gasteiger partial charge in [-0.25, -0.2) is 4.79 Å². The number of ether oxygens (including phenoxy) is 2. The molecule has 0 aromatic heterocycles. The minimum absolute atomic E-state index is 0.747. The van der Waals surface area contributed by atoms with Crippen molar-refractivity contribution in [3.05, 3.63) is 0 Å². The average molecular weight is 342 g/mol. The molecule has 23 heavy (non-hydrogen) atoms. The van der Waals surface area contributed by atoms with Crippen LogP contribution in [0.3, 0.4) is 0 Å². The van der Waals surface area contributed by atoms with Gasteiger partial charge in [-0.1, -0.05) is 0 Å². The van der Waals surface area contributed by atoms with Crippen LogP contribution >= 0.6 is 0 Å². The van der Waals surface area contributed by atoms with Crippen LogP contribution in [0.1, 0.15) is 6.92 Å². The number of rotatable bonds is 7. The molecule has 0 aliphatic carbocycles. The second kappa shape index (κ2) is 7.79. The Morgan fingerprint density at radius 2 is 1.74 bits per heavy atom. The summed E-state index contributed by atoms with van der Waals surface area (Å²) in [6.07, 6.45) is -12.7. The van der Waals surface area contributed by atoms with Crippen molar-refractivity contribution < 1.29 is 55.1 Å². The summed E-state index contributed by atoms with van der Waals surface area (Å²) in [6.45, 7) is -0.758. The number of esters is 1. The topological polar surface area (TPSA) is 197 Å². The van der Waals surface area contributed by atoms with Crippen LogP contribution in [0.15, 0.2) is 0 Å². The van der Waals surface area contributed by atoms with Gasteiger partial charge in [-0.05, 0) is 6.92 Å². The fourth-order valence-corrected chi connectivity index (χ4v) is 2.09. The molecule has 0 aromatic carbocycles. The summed E-state index contributed by atoms with van der Waals surface area (Å²) in [5, 5.41) is 75.4. The molecule has 1 saturated heterocycles. The standard InChI is InChI=1S/C12H22O11/c1-4(15)6(16)8(18)9(19)11(21)23-12(3-14)10(20)7(17)5(2-13)22-12/h4-10,13-20H,2-3H2,1H3/t4-,5-,6-,7-,8+,9-,10+,12?/m1/s1. The predicted molar refractivity (Wildman–Crippen MR) is 69.6 cm³/mol. The van der Waals surface area contributed by atoms with E-state index in [1.807, 2.05) is 0 Å². The highest BCUT2D eigenvalue weighted by Crippen LogP contribution is 2.32. The van der Waals surface area contributed by atoms with Crippen LogP contribution in [0, 0.1) is 0 Å². The number of hydrogen-bond acceptors (Lipinski definition) is 11. The molecule has 1 aliphatic heterocycles. The van der Waals surface area contributed by atoms with Gasteiger partial charge in [-0.2, -0.15) is 0 Å². The van der Waals surface area contributed by atoms with Crippen molar-refractivity contribution in [2.45, 2.75) is 55.4 Å². The molecule has 0 bridgehead atoms. The van der Waals surface area contributed by atoms with E-state index >= 15 is 0 Å². The Balaban J connectivity index is 2.85. The third kappa shape index (κ3) is 3.96. The largest absolute Gasteiger partial charge is 0.425 e. The normalized spacial score (nSPS) is 36.3. The fraction of sp³-hybridized carbons (Fsp3) is 0.917. The molecule has 1 fully saturated rings. The van der Waals surface area contributed by atoms with E-state index in [2.05, 4.69) is 4.74 Å². The maximum absolute atomic E-state index is 11.8. The van der Waals surface area contributed by atoms with Gasteiger partial charge in [0.25, 0.3) is 5.79 Å². The average Bonchev–Trinajstić information content (AvgIpc) is 2.77. The third-order valence-electron chi connectivity index (χ3n) is 3.59. The van der Waals surface area contributed by atoms with Crippen LogP contribution in [0.25, 0.3) is 0 Å². The molecule has 0 radical (unpaired) electrons. The van der Waals surface area contributed by atoms with Gasteiger partial charge >= 0.3 is 5.97 Å². The van der Waals surface area contributed by atoms with Crippen LogP contribution in [-0.2, 0) is 14.3 Å². The minimum Gasteiger partial charge on any atom is -0.425 e. The zero-order valence-corrected chi connectivity index (χ0v) is 12.3. The van der Waals surface area contributed by atoms with Crippen molar-refractivity contribution >= 4 is 5.97 Å². The SMILES string of the molecule is C[C@@H](O)[C@@H](O)[C@H](O)[C@@H](O)C(=O)OC1(CO)O[C@H](CO)[C@@H](O)[C@@H]1O. The predicted octanol–water partition coefficient (Wildman–Crippen LogP) is -5.21. The summed E-state index contributed by atoms with van der Waals surface area (Å²) in [5.74, 6) is -4.04. The zero-order valence-electron chi connectivity index (χ0n) is 12.3. The smallest absolute Gasteiger partial charge is 0.340 e. The Hall–Kier alpha value is -0.890. The molecule has 1 unspecified atom stereocenters. The lowest BCUT2D eigenvalue weighted by Crippen LogP contribution is -2.54. The molecule has 0 amide bonds. The van der Waals surface area contributed by atoms with Gasteiger partial charge in [0.05, 0.1) is 12.7 Å². The molecule has 0 saturated carbocycles. The van der Waals surface area contributed by atoms with Gasteiger partial charge in [0.2, 0.25) is 0 Å². The lowest BCUT2D eigenvalue weighted by atomic mass is 10.0. The zero-order chi connectivity index (χ0) is 17.9. The Kier molecular flexibility index (Phi) is 6.82. The Bertz CT molecular complexity index is 402. The lowest BCUT2D eigenvalue weighted by Gasteiger charge is -2.31. The molecule has 0 aromatic rings. The van der Waals surface area contributed by atoms with E-state index in [-0.39, 0.29) is 0 Å². The van der Waals surface area contributed by atoms with Gasteiger partial charge in [0.1, 0.15) is 31.0 Å². The van der Waals surface area contributed by atoms with E-state index in [0.29, 0.717) is 0 Å². The van der Waals surface area contributed by atoms with Crippen LogP contribution in [0.5, 0.6) is 0 Å². The molecule has 11 nitrogen and oxygen atoms in total. The number of hydrogen-bond donors (Lipinski definition) is 8. The van der Waals surface area contributed by atoms with Crippen molar-refractivity contribution in [3.63, 3.8) is 0 Å². The summed E-state index contributed by atoms with van der Waals surface area (Å²) < 4.78 is 9.57. The lowest BCUT2D eigenvalue weighted by molar-refractivity contribution is -0.271. The van der Waals surface area contributed by atoms with E-state index < -0.39 is 67.7 Å². The Morgan fingerprint density at radius 1 is 1.17 bits per heavy atom. The summed E-state index contributed by atoms with van der Waals surface area (Å²) >= 11 is 0. The Morgan fingerprint density at radius 3 is 2.13 bits per heavy atom. The first-order chi connectivity index (χ1) is 10.6. The van der Waals surface area contributed by atoms with Crippen LogP contribution < -0.4 is 0 Å². The maximum Gasteiger partial charge on any atom is 0.340 e. The van der Waals surface area contributed by atoms with Crippen molar-refractivity contribution in [1.29, 1.82) is 0 Å². The van der Waals surface area contributed by atoms with Crippen molar-refractivity contribution in [2.75, 3.05) is 13.2 Å². The Labute approximate surface area is 130 Å². The van der Waals surface area contributed by atoms with Gasteiger partial charge < -0.3 is 50.3 Å². The van der Waals surface area contributed by atoms with Gasteiger partial charge in [-0.3, -0.25) is 0 Å². The van der Waals surface area contributed by atoms with Crippen LogP contribution in [0.4, 0.5) is 0 Å². The monoisotopic (exact) mass is 342 g/mol. The third-order valence-corrected chi connectivity index (χ3v) is 3.59. The van der Waals surface area contributed by atoms with Crippen LogP contribution in [0.2, 0.25) is 0 Å². The van der Waals surface area contributed by atoms with Crippen molar-refractivity contribution in [2.24, 2.45) is 0 Å². The van der Waals surface area contributed by atoms with E-state index in [4.69, 9.17) is 14.9 Å². The van der Waals surface area contributed by atoms with E-state index in [1.54, 1.807) is 0 Å². The highest BCUT2D eigenvalue weighted by atomic mass is 16.8. The maximum atomic E-state index is 11.8. The van der Waals surface area contributed by atoms with Gasteiger partial charge in [0.15, 0.2) is 12.2 Å². The second-order valence-electron chi connectivity index (χ2n) is 5.33. The summed E-state index contributed by atoms with van der Waals surface area (Å²) in [7, 11) is 0. The van der Waals surface area contributed by atoms with E-state index in [9.17, 15) is 35.4 Å². The minimum atomic E-state index is -2.46. The first-order valence-electron chi connectivity index (χ1n) is 6.82. The second-order valence-corrected chi connectivity index (χ2v) is 5.33.